The fraction of sp³-hybridized carbons (Fsp3) is 0.562. The highest BCUT2D eigenvalue weighted by Crippen LogP contribution is 2.38. The van der Waals surface area contributed by atoms with E-state index in [1.54, 1.807) is 0 Å². The SMILES string of the molecule is CC(C)CC(N)C(=O)c1ccccc1C1CCC1. The van der Waals surface area contributed by atoms with Gasteiger partial charge in [-0.3, -0.25) is 4.79 Å². The lowest BCUT2D eigenvalue weighted by Crippen LogP contribution is -2.33. The van der Waals surface area contributed by atoms with Crippen LogP contribution in [0.2, 0.25) is 0 Å². The maximum absolute atomic E-state index is 12.4. The van der Waals surface area contributed by atoms with Gasteiger partial charge in [0.15, 0.2) is 5.78 Å². The summed E-state index contributed by atoms with van der Waals surface area (Å²) in [6.07, 6.45) is 4.47. The predicted octanol–water partition coefficient (Wildman–Crippen LogP) is 3.51. The standard InChI is InChI=1S/C16H23NO/c1-11(2)10-15(17)16(18)14-9-4-3-8-13(14)12-6-5-7-12/h3-4,8-9,11-12,15H,5-7,10,17H2,1-2H3. The maximum atomic E-state index is 12.4. The summed E-state index contributed by atoms with van der Waals surface area (Å²) >= 11 is 0. The van der Waals surface area contributed by atoms with E-state index >= 15 is 0 Å². The molecule has 0 heterocycles. The number of hydrogen-bond donors (Lipinski definition) is 1. The van der Waals surface area contributed by atoms with Crippen molar-refractivity contribution < 1.29 is 4.79 Å². The zero-order valence-electron chi connectivity index (χ0n) is 11.4. The van der Waals surface area contributed by atoms with Gasteiger partial charge in [0.2, 0.25) is 0 Å². The van der Waals surface area contributed by atoms with Gasteiger partial charge in [0.1, 0.15) is 0 Å². The molecule has 18 heavy (non-hydrogen) atoms. The van der Waals surface area contributed by atoms with Crippen molar-refractivity contribution in [3.63, 3.8) is 0 Å². The molecule has 1 atom stereocenters. The molecule has 1 fully saturated rings. The van der Waals surface area contributed by atoms with Gasteiger partial charge >= 0.3 is 0 Å². The number of Topliss-reactive ketones (excluding diaryl/α,β-unsaturated/α-hetero) is 1. The molecule has 0 spiro atoms. The van der Waals surface area contributed by atoms with Gasteiger partial charge in [-0.2, -0.15) is 0 Å². The zero-order chi connectivity index (χ0) is 13.1. The third kappa shape index (κ3) is 2.81. The second-order valence-corrected chi connectivity index (χ2v) is 5.82. The lowest BCUT2D eigenvalue weighted by Gasteiger charge is -2.28. The van der Waals surface area contributed by atoms with Crippen LogP contribution >= 0.6 is 0 Å². The monoisotopic (exact) mass is 245 g/mol. The van der Waals surface area contributed by atoms with Crippen LogP contribution in [0.25, 0.3) is 0 Å². The molecule has 1 saturated carbocycles. The van der Waals surface area contributed by atoms with Crippen LogP contribution in [0.3, 0.4) is 0 Å². The van der Waals surface area contributed by atoms with Crippen molar-refractivity contribution in [3.05, 3.63) is 35.4 Å². The smallest absolute Gasteiger partial charge is 0.179 e. The molecule has 2 heteroatoms. The highest BCUT2D eigenvalue weighted by atomic mass is 16.1. The molecule has 2 nitrogen and oxygen atoms in total. The van der Waals surface area contributed by atoms with E-state index in [1.165, 1.54) is 24.8 Å². The lowest BCUT2D eigenvalue weighted by molar-refractivity contribution is 0.0949. The van der Waals surface area contributed by atoms with E-state index in [-0.39, 0.29) is 11.8 Å². The molecule has 0 saturated heterocycles. The second kappa shape index (κ2) is 5.66. The van der Waals surface area contributed by atoms with E-state index in [4.69, 9.17) is 5.73 Å². The number of carbonyl (C=O) groups is 1. The Morgan fingerprint density at radius 3 is 2.56 bits per heavy atom. The first kappa shape index (κ1) is 13.3. The molecular formula is C16H23NO. The summed E-state index contributed by atoms with van der Waals surface area (Å²) in [4.78, 5) is 12.4. The van der Waals surface area contributed by atoms with Gasteiger partial charge in [0, 0.05) is 5.56 Å². The van der Waals surface area contributed by atoms with Crippen molar-refractivity contribution in [3.8, 4) is 0 Å². The van der Waals surface area contributed by atoms with Crippen molar-refractivity contribution in [2.75, 3.05) is 0 Å². The Kier molecular flexibility index (Phi) is 4.18. The van der Waals surface area contributed by atoms with Gasteiger partial charge in [-0.1, -0.05) is 44.5 Å². The number of nitrogens with two attached hydrogens (primary N) is 1. The van der Waals surface area contributed by atoms with Crippen molar-refractivity contribution in [1.29, 1.82) is 0 Å². The van der Waals surface area contributed by atoms with Gasteiger partial charge in [-0.25, -0.2) is 0 Å². The summed E-state index contributed by atoms with van der Waals surface area (Å²) < 4.78 is 0. The number of benzene rings is 1. The van der Waals surface area contributed by atoms with Gasteiger partial charge < -0.3 is 5.73 Å². The fourth-order valence-electron chi connectivity index (χ4n) is 2.61. The first-order valence-corrected chi connectivity index (χ1v) is 6.98. The van der Waals surface area contributed by atoms with Crippen molar-refractivity contribution >= 4 is 5.78 Å². The van der Waals surface area contributed by atoms with Crippen LogP contribution in [0.4, 0.5) is 0 Å². The molecule has 0 bridgehead atoms. The average molecular weight is 245 g/mol. The largest absolute Gasteiger partial charge is 0.321 e. The Hall–Kier alpha value is -1.15. The Bertz CT molecular complexity index is 421. The summed E-state index contributed by atoms with van der Waals surface area (Å²) in [5.41, 5.74) is 8.10. The Balaban J connectivity index is 2.18. The van der Waals surface area contributed by atoms with E-state index < -0.39 is 0 Å². The van der Waals surface area contributed by atoms with Gasteiger partial charge in [-0.05, 0) is 36.7 Å². The molecule has 1 aromatic carbocycles. The molecule has 2 N–H and O–H groups in total. The van der Waals surface area contributed by atoms with Crippen LogP contribution in [-0.4, -0.2) is 11.8 Å². The van der Waals surface area contributed by atoms with Gasteiger partial charge in [-0.15, -0.1) is 0 Å². The second-order valence-electron chi connectivity index (χ2n) is 5.82. The summed E-state index contributed by atoms with van der Waals surface area (Å²) in [6.45, 7) is 4.20. The summed E-state index contributed by atoms with van der Waals surface area (Å²) in [7, 11) is 0. The van der Waals surface area contributed by atoms with Crippen LogP contribution in [0.1, 0.15) is 61.4 Å². The molecule has 1 aliphatic rings. The molecule has 0 radical (unpaired) electrons. The first-order chi connectivity index (χ1) is 8.59. The van der Waals surface area contributed by atoms with Gasteiger partial charge in [0.05, 0.1) is 6.04 Å². The average Bonchev–Trinajstić information content (AvgIpc) is 2.25. The minimum Gasteiger partial charge on any atom is -0.321 e. The summed E-state index contributed by atoms with van der Waals surface area (Å²) in [6, 6.07) is 7.65. The molecule has 1 aromatic rings. The fourth-order valence-corrected chi connectivity index (χ4v) is 2.61. The van der Waals surface area contributed by atoms with Crippen molar-refractivity contribution in [1.82, 2.24) is 0 Å². The normalized spacial score (nSPS) is 17.6. The minimum absolute atomic E-state index is 0.117. The molecule has 0 amide bonds. The van der Waals surface area contributed by atoms with E-state index in [9.17, 15) is 4.79 Å². The predicted molar refractivity (Wildman–Crippen MR) is 74.8 cm³/mol. The van der Waals surface area contributed by atoms with Gasteiger partial charge in [0.25, 0.3) is 0 Å². The summed E-state index contributed by atoms with van der Waals surface area (Å²) in [5.74, 6) is 1.16. The van der Waals surface area contributed by atoms with Crippen LogP contribution < -0.4 is 5.73 Å². The third-order valence-electron chi connectivity index (χ3n) is 3.83. The number of hydrogen-bond acceptors (Lipinski definition) is 2. The molecule has 0 aromatic heterocycles. The van der Waals surface area contributed by atoms with Crippen LogP contribution in [0.5, 0.6) is 0 Å². The maximum Gasteiger partial charge on any atom is 0.179 e. The molecule has 1 unspecified atom stereocenters. The zero-order valence-corrected chi connectivity index (χ0v) is 11.4. The Morgan fingerprint density at radius 2 is 2.00 bits per heavy atom. The van der Waals surface area contributed by atoms with E-state index in [2.05, 4.69) is 19.9 Å². The minimum atomic E-state index is -0.355. The van der Waals surface area contributed by atoms with E-state index in [1.807, 2.05) is 18.2 Å². The molecule has 1 aliphatic carbocycles. The molecular weight excluding hydrogens is 222 g/mol. The Morgan fingerprint density at radius 1 is 1.33 bits per heavy atom. The quantitative estimate of drug-likeness (QED) is 0.807. The van der Waals surface area contributed by atoms with E-state index in [0.717, 1.165) is 12.0 Å². The lowest BCUT2D eigenvalue weighted by atomic mass is 9.77. The Labute approximate surface area is 110 Å². The van der Waals surface area contributed by atoms with Crippen molar-refractivity contribution in [2.24, 2.45) is 11.7 Å². The summed E-state index contributed by atoms with van der Waals surface area (Å²) in [5, 5.41) is 0. The van der Waals surface area contributed by atoms with Crippen LogP contribution in [0.15, 0.2) is 24.3 Å². The molecule has 0 aliphatic heterocycles. The topological polar surface area (TPSA) is 43.1 Å². The highest BCUT2D eigenvalue weighted by Gasteiger charge is 2.26. The molecule has 98 valence electrons. The highest BCUT2D eigenvalue weighted by molar-refractivity contribution is 6.01. The number of carbonyl (C=O) groups excluding carboxylic acids is 1. The first-order valence-electron chi connectivity index (χ1n) is 6.98. The number of rotatable bonds is 5. The van der Waals surface area contributed by atoms with E-state index in [0.29, 0.717) is 11.8 Å². The van der Waals surface area contributed by atoms with Crippen LogP contribution in [-0.2, 0) is 0 Å². The third-order valence-corrected chi connectivity index (χ3v) is 3.83. The number of ketones is 1. The van der Waals surface area contributed by atoms with Crippen molar-refractivity contribution in [2.45, 2.75) is 51.5 Å². The van der Waals surface area contributed by atoms with Crippen LogP contribution in [0, 0.1) is 5.92 Å². The molecule has 2 rings (SSSR count).